The van der Waals surface area contributed by atoms with Gasteiger partial charge in [-0.25, -0.2) is 17.5 Å². The number of nitrogens with one attached hydrogen (secondary N) is 1. The summed E-state index contributed by atoms with van der Waals surface area (Å²) in [5.41, 5.74) is 5.86. The smallest absolute Gasteiger partial charge is 0.241 e. The molecule has 0 radical (unpaired) electrons. The maximum atomic E-state index is 13.1. The molecule has 0 saturated carbocycles. The molecule has 96 valence electrons. The molecule has 1 aromatic carbocycles. The zero-order valence-electron chi connectivity index (χ0n) is 9.90. The van der Waals surface area contributed by atoms with E-state index in [0.29, 0.717) is 18.5 Å². The Bertz CT molecular complexity index is 488. The van der Waals surface area contributed by atoms with Crippen molar-refractivity contribution >= 4 is 10.0 Å². The summed E-state index contributed by atoms with van der Waals surface area (Å²) in [5.74, 6) is -0.567. The van der Waals surface area contributed by atoms with Crippen LogP contribution >= 0.6 is 0 Å². The second-order valence-electron chi connectivity index (χ2n) is 4.01. The molecule has 1 atom stereocenters. The molecule has 0 bridgehead atoms. The first kappa shape index (κ1) is 14.1. The molecule has 17 heavy (non-hydrogen) atoms. The van der Waals surface area contributed by atoms with Crippen LogP contribution in [0.15, 0.2) is 23.1 Å². The number of nitrogens with two attached hydrogens (primary N) is 1. The summed E-state index contributed by atoms with van der Waals surface area (Å²) >= 11 is 0. The number of rotatable bonds is 5. The average Bonchev–Trinajstić information content (AvgIpc) is 2.21. The van der Waals surface area contributed by atoms with Crippen LogP contribution in [0.25, 0.3) is 0 Å². The predicted molar refractivity (Wildman–Crippen MR) is 64.6 cm³/mol. The van der Waals surface area contributed by atoms with Crippen molar-refractivity contribution in [2.75, 3.05) is 6.54 Å². The third-order valence-electron chi connectivity index (χ3n) is 2.40. The van der Waals surface area contributed by atoms with Crippen LogP contribution in [0.5, 0.6) is 0 Å². The molecule has 3 N–H and O–H groups in total. The van der Waals surface area contributed by atoms with Crippen molar-refractivity contribution in [2.45, 2.75) is 31.2 Å². The van der Waals surface area contributed by atoms with E-state index in [9.17, 15) is 12.8 Å². The van der Waals surface area contributed by atoms with Crippen molar-refractivity contribution in [1.29, 1.82) is 0 Å². The van der Waals surface area contributed by atoms with E-state index >= 15 is 0 Å². The van der Waals surface area contributed by atoms with Crippen molar-refractivity contribution in [3.05, 3.63) is 29.6 Å². The largest absolute Gasteiger partial charge is 0.330 e. The second kappa shape index (κ2) is 5.57. The number of hydrogen-bond acceptors (Lipinski definition) is 3. The normalized spacial score (nSPS) is 13.6. The van der Waals surface area contributed by atoms with Crippen LogP contribution in [0, 0.1) is 12.7 Å². The standard InChI is InChI=1S/C11H17FN2O2S/c1-8-3-4-10(12)7-11(8)17(15,16)14-9(2)5-6-13/h3-4,7,9,14H,5-6,13H2,1-2H3. The summed E-state index contributed by atoms with van der Waals surface area (Å²) in [4.78, 5) is -0.0265. The molecular weight excluding hydrogens is 243 g/mol. The Balaban J connectivity index is 3.01. The molecule has 0 spiro atoms. The minimum atomic E-state index is -3.68. The van der Waals surface area contributed by atoms with Crippen molar-refractivity contribution < 1.29 is 12.8 Å². The molecule has 1 rings (SSSR count). The van der Waals surface area contributed by atoms with Gasteiger partial charge in [0.15, 0.2) is 0 Å². The predicted octanol–water partition coefficient (Wildman–Crippen LogP) is 1.15. The number of sulfonamides is 1. The Morgan fingerprint density at radius 2 is 2.12 bits per heavy atom. The number of aryl methyl sites for hydroxylation is 1. The van der Waals surface area contributed by atoms with Crippen LogP contribution in [-0.4, -0.2) is 21.0 Å². The maximum absolute atomic E-state index is 13.1. The van der Waals surface area contributed by atoms with Gasteiger partial charge in [0.05, 0.1) is 4.90 Å². The van der Waals surface area contributed by atoms with Gasteiger partial charge in [0.25, 0.3) is 0 Å². The lowest BCUT2D eigenvalue weighted by Gasteiger charge is -2.14. The van der Waals surface area contributed by atoms with E-state index in [1.165, 1.54) is 12.1 Å². The molecule has 0 aliphatic rings. The highest BCUT2D eigenvalue weighted by atomic mass is 32.2. The summed E-state index contributed by atoms with van der Waals surface area (Å²) in [7, 11) is -3.68. The fourth-order valence-corrected chi connectivity index (χ4v) is 3.03. The van der Waals surface area contributed by atoms with E-state index in [4.69, 9.17) is 5.73 Å². The van der Waals surface area contributed by atoms with Crippen molar-refractivity contribution in [2.24, 2.45) is 5.73 Å². The SMILES string of the molecule is Cc1ccc(F)cc1S(=O)(=O)NC(C)CCN. The fraction of sp³-hybridized carbons (Fsp3) is 0.455. The van der Waals surface area contributed by atoms with Gasteiger partial charge in [-0.3, -0.25) is 0 Å². The molecular formula is C11H17FN2O2S. The molecule has 1 aromatic rings. The zero-order valence-corrected chi connectivity index (χ0v) is 10.7. The monoisotopic (exact) mass is 260 g/mol. The van der Waals surface area contributed by atoms with Crippen LogP contribution in [0.4, 0.5) is 4.39 Å². The lowest BCUT2D eigenvalue weighted by molar-refractivity contribution is 0.547. The first-order valence-electron chi connectivity index (χ1n) is 5.35. The summed E-state index contributed by atoms with van der Waals surface area (Å²) in [6.07, 6.45) is 0.535. The zero-order chi connectivity index (χ0) is 13.1. The quantitative estimate of drug-likeness (QED) is 0.834. The summed E-state index contributed by atoms with van der Waals surface area (Å²) in [6.45, 7) is 3.74. The van der Waals surface area contributed by atoms with E-state index in [0.717, 1.165) is 6.07 Å². The van der Waals surface area contributed by atoms with E-state index in [1.807, 2.05) is 0 Å². The third kappa shape index (κ3) is 3.76. The summed E-state index contributed by atoms with van der Waals surface area (Å²) in [5, 5.41) is 0. The molecule has 0 saturated heterocycles. The van der Waals surface area contributed by atoms with Gasteiger partial charge in [-0.15, -0.1) is 0 Å². The van der Waals surface area contributed by atoms with Crippen LogP contribution in [-0.2, 0) is 10.0 Å². The number of hydrogen-bond donors (Lipinski definition) is 2. The Morgan fingerprint density at radius 1 is 1.47 bits per heavy atom. The maximum Gasteiger partial charge on any atom is 0.241 e. The minimum absolute atomic E-state index is 0.0265. The van der Waals surface area contributed by atoms with Gasteiger partial charge in [0, 0.05) is 6.04 Å². The Labute approximate surface area is 101 Å². The molecule has 0 aliphatic heterocycles. The molecule has 1 unspecified atom stereocenters. The molecule has 6 heteroatoms. The first-order valence-corrected chi connectivity index (χ1v) is 6.83. The van der Waals surface area contributed by atoms with Gasteiger partial charge in [-0.05, 0) is 44.5 Å². The van der Waals surface area contributed by atoms with Gasteiger partial charge in [0.1, 0.15) is 5.82 Å². The van der Waals surface area contributed by atoms with Crippen LogP contribution in [0.2, 0.25) is 0 Å². The average molecular weight is 260 g/mol. The molecule has 0 fully saturated rings. The van der Waals surface area contributed by atoms with E-state index < -0.39 is 15.8 Å². The topological polar surface area (TPSA) is 72.2 Å². The minimum Gasteiger partial charge on any atom is -0.330 e. The van der Waals surface area contributed by atoms with Gasteiger partial charge in [-0.2, -0.15) is 0 Å². The van der Waals surface area contributed by atoms with Gasteiger partial charge in [-0.1, -0.05) is 6.07 Å². The highest BCUT2D eigenvalue weighted by Crippen LogP contribution is 2.16. The van der Waals surface area contributed by atoms with E-state index in [2.05, 4.69) is 4.72 Å². The fourth-order valence-electron chi connectivity index (χ4n) is 1.50. The van der Waals surface area contributed by atoms with E-state index in [-0.39, 0.29) is 10.9 Å². The Morgan fingerprint density at radius 3 is 2.71 bits per heavy atom. The summed E-state index contributed by atoms with van der Waals surface area (Å²) in [6, 6.07) is 3.43. The van der Waals surface area contributed by atoms with Gasteiger partial charge >= 0.3 is 0 Å². The van der Waals surface area contributed by atoms with Gasteiger partial charge < -0.3 is 5.73 Å². The van der Waals surface area contributed by atoms with E-state index in [1.54, 1.807) is 13.8 Å². The van der Waals surface area contributed by atoms with Crippen LogP contribution < -0.4 is 10.5 Å². The molecule has 0 aromatic heterocycles. The molecule has 4 nitrogen and oxygen atoms in total. The first-order chi connectivity index (χ1) is 7.86. The molecule has 0 amide bonds. The highest BCUT2D eigenvalue weighted by Gasteiger charge is 2.19. The third-order valence-corrected chi connectivity index (χ3v) is 4.13. The Hall–Kier alpha value is -0.980. The van der Waals surface area contributed by atoms with Crippen molar-refractivity contribution in [3.8, 4) is 0 Å². The summed E-state index contributed by atoms with van der Waals surface area (Å²) < 4.78 is 39.5. The number of benzene rings is 1. The molecule has 0 aliphatic carbocycles. The van der Waals surface area contributed by atoms with Crippen LogP contribution in [0.3, 0.4) is 0 Å². The van der Waals surface area contributed by atoms with Crippen molar-refractivity contribution in [1.82, 2.24) is 4.72 Å². The highest BCUT2D eigenvalue weighted by molar-refractivity contribution is 7.89. The molecule has 0 heterocycles. The lowest BCUT2D eigenvalue weighted by atomic mass is 10.2. The lowest BCUT2D eigenvalue weighted by Crippen LogP contribution is -2.34. The van der Waals surface area contributed by atoms with Crippen LogP contribution in [0.1, 0.15) is 18.9 Å². The van der Waals surface area contributed by atoms with Crippen molar-refractivity contribution in [3.63, 3.8) is 0 Å². The number of halogens is 1. The second-order valence-corrected chi connectivity index (χ2v) is 5.69. The van der Waals surface area contributed by atoms with Gasteiger partial charge in [0.2, 0.25) is 10.0 Å². The Kier molecular flexibility index (Phi) is 4.62.